The average molecular weight is 488 g/mol. The van der Waals surface area contributed by atoms with E-state index in [1.165, 1.54) is 36.1 Å². The maximum absolute atomic E-state index is 14.0. The third kappa shape index (κ3) is 6.41. The van der Waals surface area contributed by atoms with Gasteiger partial charge < -0.3 is 19.4 Å². The van der Waals surface area contributed by atoms with E-state index < -0.39 is 29.7 Å². The highest BCUT2D eigenvalue weighted by Crippen LogP contribution is 2.23. The monoisotopic (exact) mass is 488 g/mol. The van der Waals surface area contributed by atoms with E-state index in [4.69, 9.17) is 14.7 Å². The summed E-state index contributed by atoms with van der Waals surface area (Å²) in [5.74, 6) is -1.98. The fraction of sp³-hybridized carbons (Fsp3) is 0.192. The smallest absolute Gasteiger partial charge is 0.268 e. The number of benzene rings is 2. The molecule has 1 amide bonds. The number of nitrogens with zero attached hydrogens (tertiary/aromatic N) is 3. The molecule has 2 aromatic carbocycles. The second kappa shape index (κ2) is 12.1. The third-order valence-corrected chi connectivity index (χ3v) is 5.06. The predicted octanol–water partition coefficient (Wildman–Crippen LogP) is 3.02. The van der Waals surface area contributed by atoms with E-state index in [9.17, 15) is 24.0 Å². The Morgan fingerprint density at radius 3 is 2.50 bits per heavy atom. The number of carbonyl (C=O) groups excluding carboxylic acids is 2. The molecule has 0 aliphatic heterocycles. The number of carbonyl (C=O) groups is 2. The summed E-state index contributed by atoms with van der Waals surface area (Å²) in [5, 5.41) is 20.8. The maximum Gasteiger partial charge on any atom is 0.268 e. The number of pyridine rings is 1. The lowest BCUT2D eigenvalue weighted by Gasteiger charge is -2.13. The number of aromatic nitrogens is 1. The molecule has 0 atom stereocenters. The van der Waals surface area contributed by atoms with Crippen LogP contribution >= 0.6 is 0 Å². The number of amides is 1. The summed E-state index contributed by atoms with van der Waals surface area (Å²) in [7, 11) is 1.51. The van der Waals surface area contributed by atoms with Crippen molar-refractivity contribution in [3.63, 3.8) is 0 Å². The van der Waals surface area contributed by atoms with Crippen molar-refractivity contribution < 1.29 is 23.5 Å². The van der Waals surface area contributed by atoms with Crippen molar-refractivity contribution in [2.24, 2.45) is 0 Å². The molecule has 0 spiro atoms. The molecule has 0 saturated heterocycles. The minimum absolute atomic E-state index is 0.0129. The molecule has 3 rings (SSSR count). The fourth-order valence-electron chi connectivity index (χ4n) is 3.31. The number of anilines is 1. The van der Waals surface area contributed by atoms with Gasteiger partial charge in [0.15, 0.2) is 12.4 Å². The van der Waals surface area contributed by atoms with Crippen LogP contribution in [-0.2, 0) is 16.1 Å². The van der Waals surface area contributed by atoms with Gasteiger partial charge in [0.05, 0.1) is 17.2 Å². The van der Waals surface area contributed by atoms with Crippen LogP contribution in [0.4, 0.5) is 10.1 Å². The molecule has 0 aliphatic carbocycles. The lowest BCUT2D eigenvalue weighted by molar-refractivity contribution is -0.118. The Morgan fingerprint density at radius 2 is 1.83 bits per heavy atom. The van der Waals surface area contributed by atoms with Crippen LogP contribution in [0.5, 0.6) is 5.75 Å². The highest BCUT2D eigenvalue weighted by molar-refractivity contribution is 6.10. The highest BCUT2D eigenvalue weighted by Gasteiger charge is 2.20. The van der Waals surface area contributed by atoms with E-state index in [-0.39, 0.29) is 29.0 Å². The molecule has 9 nitrogen and oxygen atoms in total. The largest absolute Gasteiger partial charge is 0.483 e. The molecule has 0 unspecified atom stereocenters. The summed E-state index contributed by atoms with van der Waals surface area (Å²) in [6.07, 6.45) is 1.77. The van der Waals surface area contributed by atoms with Crippen LogP contribution < -0.4 is 15.6 Å². The van der Waals surface area contributed by atoms with E-state index in [0.717, 1.165) is 18.2 Å². The second-order valence-electron chi connectivity index (χ2n) is 7.59. The topological polar surface area (TPSA) is 134 Å². The van der Waals surface area contributed by atoms with Crippen LogP contribution in [0.15, 0.2) is 59.5 Å². The standard InChI is InChI=1S/C26H21FN4O5/c1-35-10-2-9-31-15-19(11-18(14-29)26(31)34)25(33)22-12-20(27)5-8-23(22)36-16-24(32)30-21-6-3-17(13-28)4-7-21/h3-8,11-12,15H,2,9-10,16H2,1H3,(H,30,32). The van der Waals surface area contributed by atoms with Gasteiger partial charge in [-0.25, -0.2) is 4.39 Å². The summed E-state index contributed by atoms with van der Waals surface area (Å²) in [6, 6.07) is 14.3. The molecule has 0 radical (unpaired) electrons. The van der Waals surface area contributed by atoms with Gasteiger partial charge in [-0.1, -0.05) is 0 Å². The van der Waals surface area contributed by atoms with E-state index in [2.05, 4.69) is 5.32 Å². The van der Waals surface area contributed by atoms with E-state index in [1.807, 2.05) is 6.07 Å². The minimum Gasteiger partial charge on any atom is -0.483 e. The normalized spacial score (nSPS) is 10.2. The van der Waals surface area contributed by atoms with Gasteiger partial charge in [0.25, 0.3) is 11.5 Å². The van der Waals surface area contributed by atoms with Gasteiger partial charge >= 0.3 is 0 Å². The lowest BCUT2D eigenvalue weighted by atomic mass is 10.0. The van der Waals surface area contributed by atoms with Crippen LogP contribution in [0.25, 0.3) is 0 Å². The third-order valence-electron chi connectivity index (χ3n) is 5.06. The Bertz CT molecular complexity index is 1420. The molecule has 0 saturated carbocycles. The first-order valence-electron chi connectivity index (χ1n) is 10.8. The molecular formula is C26H21FN4O5. The first kappa shape index (κ1) is 25.8. The van der Waals surface area contributed by atoms with Gasteiger partial charge in [-0.3, -0.25) is 14.4 Å². The van der Waals surface area contributed by atoms with Crippen LogP contribution in [-0.4, -0.2) is 36.6 Å². The summed E-state index contributed by atoms with van der Waals surface area (Å²) in [6.45, 7) is 0.106. The van der Waals surface area contributed by atoms with Gasteiger partial charge in [-0.2, -0.15) is 10.5 Å². The Hall–Kier alpha value is -4.80. The van der Waals surface area contributed by atoms with E-state index >= 15 is 0 Å². The van der Waals surface area contributed by atoms with E-state index in [1.54, 1.807) is 18.2 Å². The van der Waals surface area contributed by atoms with Crippen LogP contribution in [0.2, 0.25) is 0 Å². The fourth-order valence-corrected chi connectivity index (χ4v) is 3.31. The Labute approximate surface area is 205 Å². The van der Waals surface area contributed by atoms with Gasteiger partial charge in [-0.05, 0) is 55.0 Å². The molecule has 0 bridgehead atoms. The van der Waals surface area contributed by atoms with Crippen molar-refractivity contribution in [1.82, 2.24) is 4.57 Å². The average Bonchev–Trinajstić information content (AvgIpc) is 2.89. The maximum atomic E-state index is 14.0. The molecule has 1 aromatic heterocycles. The molecule has 0 fully saturated rings. The van der Waals surface area contributed by atoms with E-state index in [0.29, 0.717) is 24.3 Å². The van der Waals surface area contributed by atoms with Crippen molar-refractivity contribution >= 4 is 17.4 Å². The zero-order chi connectivity index (χ0) is 26.1. The molecule has 3 aromatic rings. The summed E-state index contributed by atoms with van der Waals surface area (Å²) >= 11 is 0. The lowest BCUT2D eigenvalue weighted by Crippen LogP contribution is -2.25. The van der Waals surface area contributed by atoms with Gasteiger partial charge in [-0.15, -0.1) is 0 Å². The molecule has 182 valence electrons. The SMILES string of the molecule is COCCCn1cc(C(=O)c2cc(F)ccc2OCC(=O)Nc2ccc(C#N)cc2)cc(C#N)c1=O. The molecule has 1 N–H and O–H groups in total. The van der Waals surface area contributed by atoms with Crippen LogP contribution in [0.3, 0.4) is 0 Å². The molecular weight excluding hydrogens is 467 g/mol. The first-order chi connectivity index (χ1) is 17.4. The summed E-state index contributed by atoms with van der Waals surface area (Å²) in [5.41, 5.74) is -0.103. The van der Waals surface area contributed by atoms with Gasteiger partial charge in [0, 0.05) is 37.7 Å². The Morgan fingerprint density at radius 1 is 1.08 bits per heavy atom. The number of ether oxygens (including phenoxy) is 2. The quantitative estimate of drug-likeness (QED) is 0.342. The number of aryl methyl sites for hydroxylation is 1. The number of hydrogen-bond donors (Lipinski definition) is 1. The van der Waals surface area contributed by atoms with Crippen molar-refractivity contribution in [3.05, 3.63) is 93.2 Å². The zero-order valence-electron chi connectivity index (χ0n) is 19.3. The van der Waals surface area contributed by atoms with Crippen molar-refractivity contribution in [2.75, 3.05) is 25.6 Å². The molecule has 0 aliphatic rings. The molecule has 1 heterocycles. The number of nitriles is 2. The molecule has 10 heteroatoms. The molecule has 36 heavy (non-hydrogen) atoms. The highest BCUT2D eigenvalue weighted by atomic mass is 19.1. The Balaban J connectivity index is 1.82. The first-order valence-corrected chi connectivity index (χ1v) is 10.8. The number of nitrogens with one attached hydrogen (secondary N) is 1. The van der Waals surface area contributed by atoms with Crippen LogP contribution in [0, 0.1) is 28.5 Å². The second-order valence-corrected chi connectivity index (χ2v) is 7.59. The predicted molar refractivity (Wildman–Crippen MR) is 127 cm³/mol. The summed E-state index contributed by atoms with van der Waals surface area (Å²) in [4.78, 5) is 38.0. The number of ketones is 1. The zero-order valence-corrected chi connectivity index (χ0v) is 19.3. The van der Waals surface area contributed by atoms with Crippen molar-refractivity contribution in [1.29, 1.82) is 10.5 Å². The summed E-state index contributed by atoms with van der Waals surface area (Å²) < 4.78 is 25.7. The number of methoxy groups -OCH3 is 1. The number of halogens is 1. The number of rotatable bonds is 10. The minimum atomic E-state index is -0.707. The van der Waals surface area contributed by atoms with Gasteiger partial charge in [0.1, 0.15) is 23.2 Å². The Kier molecular flexibility index (Phi) is 8.65. The van der Waals surface area contributed by atoms with Gasteiger partial charge in [0.2, 0.25) is 0 Å². The van der Waals surface area contributed by atoms with Crippen molar-refractivity contribution in [2.45, 2.75) is 13.0 Å². The number of hydrogen-bond acceptors (Lipinski definition) is 7. The van der Waals surface area contributed by atoms with Crippen molar-refractivity contribution in [3.8, 4) is 17.9 Å². The van der Waals surface area contributed by atoms with Crippen LogP contribution in [0.1, 0.15) is 33.5 Å².